The monoisotopic (exact) mass is 426 g/mol. The summed E-state index contributed by atoms with van der Waals surface area (Å²) >= 11 is 1.45. The number of nitrogens with zero attached hydrogens (tertiary/aromatic N) is 4. The Hall–Kier alpha value is -3.38. The Bertz CT molecular complexity index is 1190. The summed E-state index contributed by atoms with van der Waals surface area (Å²) in [6.45, 7) is 3.68. The van der Waals surface area contributed by atoms with Gasteiger partial charge in [0.25, 0.3) is 0 Å². The molecule has 2 aliphatic rings. The number of hydrazone groups is 2. The van der Waals surface area contributed by atoms with Gasteiger partial charge in [0, 0.05) is 18.1 Å². The summed E-state index contributed by atoms with van der Waals surface area (Å²) in [7, 11) is 0. The minimum atomic E-state index is -0.848. The lowest BCUT2D eigenvalue weighted by atomic mass is 9.96. The van der Waals surface area contributed by atoms with Crippen molar-refractivity contribution in [3.8, 4) is 0 Å². The van der Waals surface area contributed by atoms with Gasteiger partial charge in [-0.25, -0.2) is 10.0 Å². The fraction of sp³-hybridized carbons (Fsp3) is 0.160. The van der Waals surface area contributed by atoms with Gasteiger partial charge in [-0.1, -0.05) is 67.6 Å². The van der Waals surface area contributed by atoms with Crippen LogP contribution in [0.1, 0.15) is 31.4 Å². The predicted octanol–water partition coefficient (Wildman–Crippen LogP) is 5.59. The Morgan fingerprint density at radius 3 is 1.97 bits per heavy atom. The number of rotatable bonds is 4. The van der Waals surface area contributed by atoms with E-state index in [1.165, 1.54) is 11.8 Å². The maximum Gasteiger partial charge on any atom is 0.234 e. The molecule has 0 radical (unpaired) electrons. The Kier molecular flexibility index (Phi) is 4.87. The van der Waals surface area contributed by atoms with Crippen molar-refractivity contribution >= 4 is 39.7 Å². The number of Topliss-reactive ketones (excluding diaryl/α,β-unsaturated/α-hetero) is 1. The molecule has 0 saturated heterocycles. The largest absolute Gasteiger partial charge is 0.292 e. The zero-order valence-electron chi connectivity index (χ0n) is 17.4. The van der Waals surface area contributed by atoms with Gasteiger partial charge >= 0.3 is 0 Å². The number of fused-ring (bicyclic) bond motifs is 2. The summed E-state index contributed by atoms with van der Waals surface area (Å²) in [5.74, 6) is -0.0569. The third-order valence-electron chi connectivity index (χ3n) is 5.45. The lowest BCUT2D eigenvalue weighted by Crippen LogP contribution is -2.53. The van der Waals surface area contributed by atoms with E-state index in [1.807, 2.05) is 82.8 Å². The first kappa shape index (κ1) is 19.6. The van der Waals surface area contributed by atoms with E-state index < -0.39 is 4.99 Å². The second-order valence-electron chi connectivity index (χ2n) is 7.41. The number of hydrogen-bond acceptors (Lipinski definition) is 6. The molecule has 1 atom stereocenters. The molecule has 0 fully saturated rings. The molecule has 0 unspecified atom stereocenters. The van der Waals surface area contributed by atoms with E-state index in [9.17, 15) is 4.79 Å². The second kappa shape index (κ2) is 7.71. The quantitative estimate of drug-likeness (QED) is 0.546. The lowest BCUT2D eigenvalue weighted by molar-refractivity contribution is -0.110. The summed E-state index contributed by atoms with van der Waals surface area (Å²) in [6, 6.07) is 28.4. The van der Waals surface area contributed by atoms with E-state index in [0.29, 0.717) is 5.04 Å². The molecule has 3 aromatic rings. The number of ketones is 1. The maximum absolute atomic E-state index is 12.5. The van der Waals surface area contributed by atoms with Crippen LogP contribution in [-0.4, -0.2) is 16.5 Å². The van der Waals surface area contributed by atoms with Crippen molar-refractivity contribution in [2.45, 2.75) is 25.3 Å². The van der Waals surface area contributed by atoms with Crippen LogP contribution in [0.4, 0.5) is 11.4 Å². The summed E-state index contributed by atoms with van der Waals surface area (Å²) < 4.78 is 0. The first-order valence-electron chi connectivity index (χ1n) is 10.3. The van der Waals surface area contributed by atoms with Gasteiger partial charge in [0.05, 0.1) is 17.1 Å². The first-order chi connectivity index (χ1) is 15.1. The summed E-state index contributed by atoms with van der Waals surface area (Å²) in [5, 5.41) is 14.4. The molecular formula is C25H22N4OS. The van der Waals surface area contributed by atoms with Crippen molar-refractivity contribution in [2.24, 2.45) is 10.2 Å². The molecule has 3 aromatic carbocycles. The number of thioether (sulfide) groups is 1. The Morgan fingerprint density at radius 2 is 1.39 bits per heavy atom. The Balaban J connectivity index is 1.82. The van der Waals surface area contributed by atoms with Gasteiger partial charge < -0.3 is 0 Å². The van der Waals surface area contributed by atoms with E-state index in [4.69, 9.17) is 10.2 Å². The van der Waals surface area contributed by atoms with E-state index in [2.05, 4.69) is 19.1 Å². The van der Waals surface area contributed by atoms with Crippen LogP contribution in [-0.2, 0) is 9.79 Å². The topological polar surface area (TPSA) is 48.3 Å². The average molecular weight is 427 g/mol. The molecule has 0 N–H and O–H groups in total. The van der Waals surface area contributed by atoms with Gasteiger partial charge in [-0.05, 0) is 42.4 Å². The van der Waals surface area contributed by atoms with Crippen molar-refractivity contribution in [3.63, 3.8) is 0 Å². The van der Waals surface area contributed by atoms with Crippen LogP contribution in [0.15, 0.2) is 95.1 Å². The molecule has 5 nitrogen and oxygen atoms in total. The molecule has 0 aromatic heterocycles. The van der Waals surface area contributed by atoms with E-state index >= 15 is 0 Å². The van der Waals surface area contributed by atoms with Crippen LogP contribution in [0.3, 0.4) is 0 Å². The number of carbonyl (C=O) groups is 1. The fourth-order valence-electron chi connectivity index (χ4n) is 4.04. The molecule has 1 spiro atoms. The number of para-hydroxylation sites is 2. The van der Waals surface area contributed by atoms with Crippen LogP contribution < -0.4 is 10.0 Å². The number of anilines is 2. The zero-order chi connectivity index (χ0) is 21.4. The highest BCUT2D eigenvalue weighted by atomic mass is 32.2. The SMILES string of the molecule is CCC1=NN(c2ccccc2)[C@@]2(SC(C(C)=O)=NN2c2ccccc2)c2ccccc21. The van der Waals surface area contributed by atoms with Crippen LogP contribution in [0, 0.1) is 0 Å². The first-order valence-corrected chi connectivity index (χ1v) is 11.1. The van der Waals surface area contributed by atoms with Crippen LogP contribution in [0.5, 0.6) is 0 Å². The highest BCUT2D eigenvalue weighted by Crippen LogP contribution is 2.54. The van der Waals surface area contributed by atoms with Gasteiger partial charge in [0.2, 0.25) is 4.99 Å². The second-order valence-corrected chi connectivity index (χ2v) is 8.57. The van der Waals surface area contributed by atoms with E-state index in [0.717, 1.165) is 34.6 Å². The molecule has 31 heavy (non-hydrogen) atoms. The highest BCUT2D eigenvalue weighted by Gasteiger charge is 2.55. The molecule has 0 amide bonds. The summed E-state index contributed by atoms with van der Waals surface area (Å²) in [5.41, 5.74) is 5.01. The molecule has 0 saturated carbocycles. The zero-order valence-corrected chi connectivity index (χ0v) is 18.2. The van der Waals surface area contributed by atoms with Gasteiger partial charge in [-0.15, -0.1) is 0 Å². The molecule has 5 rings (SSSR count). The maximum atomic E-state index is 12.5. The normalized spacial score (nSPS) is 19.8. The fourth-order valence-corrected chi connectivity index (χ4v) is 5.33. The minimum absolute atomic E-state index is 0.0569. The third kappa shape index (κ3) is 3.06. The van der Waals surface area contributed by atoms with Crippen molar-refractivity contribution in [3.05, 3.63) is 96.1 Å². The lowest BCUT2D eigenvalue weighted by Gasteiger charge is -2.47. The van der Waals surface area contributed by atoms with Crippen molar-refractivity contribution in [2.75, 3.05) is 10.0 Å². The molecular weight excluding hydrogens is 404 g/mol. The number of hydrogen-bond donors (Lipinski definition) is 0. The molecule has 2 aliphatic heterocycles. The molecule has 2 heterocycles. The third-order valence-corrected chi connectivity index (χ3v) is 6.86. The van der Waals surface area contributed by atoms with Crippen molar-refractivity contribution in [1.82, 2.24) is 0 Å². The van der Waals surface area contributed by atoms with Crippen LogP contribution in [0.2, 0.25) is 0 Å². The molecule has 6 heteroatoms. The van der Waals surface area contributed by atoms with Gasteiger partial charge in [-0.3, -0.25) is 4.79 Å². The van der Waals surface area contributed by atoms with Crippen molar-refractivity contribution < 1.29 is 4.79 Å². The van der Waals surface area contributed by atoms with Gasteiger partial charge in [-0.2, -0.15) is 10.2 Å². The van der Waals surface area contributed by atoms with Crippen LogP contribution in [0.25, 0.3) is 0 Å². The van der Waals surface area contributed by atoms with E-state index in [1.54, 1.807) is 6.92 Å². The highest BCUT2D eigenvalue weighted by molar-refractivity contribution is 8.17. The summed E-state index contributed by atoms with van der Waals surface area (Å²) in [6.07, 6.45) is 0.798. The smallest absolute Gasteiger partial charge is 0.234 e. The number of carbonyl (C=O) groups excluding carboxylic acids is 1. The van der Waals surface area contributed by atoms with E-state index in [-0.39, 0.29) is 5.78 Å². The Labute approximate surface area is 186 Å². The van der Waals surface area contributed by atoms with Crippen molar-refractivity contribution in [1.29, 1.82) is 0 Å². The standard InChI is InChI=1S/C25H22N4OS/c1-3-23-21-16-10-11-17-22(21)25(28(26-23)19-12-6-4-7-13-19)29(20-14-8-5-9-15-20)27-24(31-25)18(2)30/h4-17H,3H2,1-2H3/t25-/m0/s1. The van der Waals surface area contributed by atoms with Gasteiger partial charge in [0.1, 0.15) is 0 Å². The van der Waals surface area contributed by atoms with Crippen LogP contribution >= 0.6 is 11.8 Å². The molecule has 154 valence electrons. The number of benzene rings is 3. The minimum Gasteiger partial charge on any atom is -0.292 e. The predicted molar refractivity (Wildman–Crippen MR) is 128 cm³/mol. The van der Waals surface area contributed by atoms with Gasteiger partial charge in [0.15, 0.2) is 10.8 Å². The summed E-state index contributed by atoms with van der Waals surface area (Å²) in [4.78, 5) is 11.6. The Morgan fingerprint density at radius 1 is 0.839 bits per heavy atom. The average Bonchev–Trinajstić information content (AvgIpc) is 3.22. The molecule has 0 aliphatic carbocycles. The molecule has 0 bridgehead atoms.